The maximum atomic E-state index is 12.1. The molecule has 0 aromatic rings. The number of unbranched alkanes of at least 4 members (excludes halogenated alkanes) is 19. The molecule has 0 aromatic carbocycles. The normalized spacial score (nSPS) is 12.3. The first kappa shape index (κ1) is 37.6. The Morgan fingerprint density at radius 1 is 0.359 bits per heavy atom. The summed E-state index contributed by atoms with van der Waals surface area (Å²) in [5, 5.41) is 0. The van der Waals surface area contributed by atoms with Crippen LogP contribution in [0.15, 0.2) is 48.6 Å². The maximum Gasteiger partial charge on any atom is 0.132 e. The fourth-order valence-electron chi connectivity index (χ4n) is 4.96. The molecule has 0 aliphatic carbocycles. The largest absolute Gasteiger partial charge is 0.300 e. The van der Waals surface area contributed by atoms with Crippen molar-refractivity contribution in [3.63, 3.8) is 0 Å². The molecule has 226 valence electrons. The second-order valence-corrected chi connectivity index (χ2v) is 11.6. The van der Waals surface area contributed by atoms with Crippen molar-refractivity contribution >= 4 is 5.78 Å². The van der Waals surface area contributed by atoms with E-state index in [4.69, 9.17) is 0 Å². The molecule has 0 saturated heterocycles. The van der Waals surface area contributed by atoms with E-state index in [1.807, 2.05) is 0 Å². The average molecular weight is 541 g/mol. The Balaban J connectivity index is 3.34. The van der Waals surface area contributed by atoms with Gasteiger partial charge < -0.3 is 0 Å². The van der Waals surface area contributed by atoms with Crippen LogP contribution in [0.3, 0.4) is 0 Å². The molecule has 0 atom stereocenters. The quantitative estimate of drug-likeness (QED) is 0.0631. The van der Waals surface area contributed by atoms with Gasteiger partial charge in [0.25, 0.3) is 0 Å². The molecule has 0 spiro atoms. The first-order chi connectivity index (χ1) is 19.3. The van der Waals surface area contributed by atoms with Gasteiger partial charge in [-0.25, -0.2) is 0 Å². The van der Waals surface area contributed by atoms with Crippen molar-refractivity contribution < 1.29 is 4.79 Å². The molecule has 1 nitrogen and oxygen atoms in total. The summed E-state index contributed by atoms with van der Waals surface area (Å²) in [6, 6.07) is 0. The highest BCUT2D eigenvalue weighted by Gasteiger charge is 2.01. The molecular formula is C38H68O. The van der Waals surface area contributed by atoms with Crippen LogP contribution < -0.4 is 0 Å². The lowest BCUT2D eigenvalue weighted by Gasteiger charge is -2.03. The third-order valence-electron chi connectivity index (χ3n) is 7.59. The predicted molar refractivity (Wildman–Crippen MR) is 178 cm³/mol. The van der Waals surface area contributed by atoms with Crippen molar-refractivity contribution in [3.05, 3.63) is 48.6 Å². The number of allylic oxidation sites excluding steroid dienone is 8. The van der Waals surface area contributed by atoms with Crippen molar-refractivity contribution in [2.75, 3.05) is 0 Å². The molecule has 0 bridgehead atoms. The summed E-state index contributed by atoms with van der Waals surface area (Å²) in [6.45, 7) is 4.54. The molecule has 39 heavy (non-hydrogen) atoms. The van der Waals surface area contributed by atoms with Gasteiger partial charge >= 0.3 is 0 Å². The van der Waals surface area contributed by atoms with Crippen LogP contribution in [0.4, 0.5) is 0 Å². The smallest absolute Gasteiger partial charge is 0.132 e. The summed E-state index contributed by atoms with van der Waals surface area (Å²) in [7, 11) is 0. The van der Waals surface area contributed by atoms with Crippen LogP contribution in [0.2, 0.25) is 0 Å². The first-order valence-corrected chi connectivity index (χ1v) is 17.4. The fourth-order valence-corrected chi connectivity index (χ4v) is 4.96. The summed E-state index contributed by atoms with van der Waals surface area (Å²) >= 11 is 0. The number of rotatable bonds is 31. The van der Waals surface area contributed by atoms with E-state index >= 15 is 0 Å². The Labute approximate surface area is 246 Å². The van der Waals surface area contributed by atoms with Gasteiger partial charge in [0.2, 0.25) is 0 Å². The summed E-state index contributed by atoms with van der Waals surface area (Å²) in [6.07, 6.45) is 52.0. The lowest BCUT2D eigenvalue weighted by Crippen LogP contribution is -1.97. The van der Waals surface area contributed by atoms with Crippen LogP contribution in [0.1, 0.15) is 187 Å². The number of ketones is 1. The molecule has 0 radical (unpaired) electrons. The average Bonchev–Trinajstić information content (AvgIpc) is 2.94. The van der Waals surface area contributed by atoms with Gasteiger partial charge in [0.1, 0.15) is 5.78 Å². The van der Waals surface area contributed by atoms with Gasteiger partial charge in [0, 0.05) is 12.8 Å². The van der Waals surface area contributed by atoms with E-state index in [1.165, 1.54) is 116 Å². The van der Waals surface area contributed by atoms with Crippen molar-refractivity contribution in [2.24, 2.45) is 0 Å². The van der Waals surface area contributed by atoms with Crippen molar-refractivity contribution in [3.8, 4) is 0 Å². The molecule has 0 N–H and O–H groups in total. The summed E-state index contributed by atoms with van der Waals surface area (Å²) in [5.74, 6) is 0.483. The zero-order valence-electron chi connectivity index (χ0n) is 26.6. The zero-order valence-corrected chi connectivity index (χ0v) is 26.6. The lowest BCUT2D eigenvalue weighted by atomic mass is 10.0. The van der Waals surface area contributed by atoms with Gasteiger partial charge in [0.15, 0.2) is 0 Å². The number of carbonyl (C=O) groups excluding carboxylic acids is 1. The minimum absolute atomic E-state index is 0.483. The van der Waals surface area contributed by atoms with E-state index < -0.39 is 0 Å². The Morgan fingerprint density at radius 3 is 1.05 bits per heavy atom. The minimum atomic E-state index is 0.483. The van der Waals surface area contributed by atoms with E-state index in [0.29, 0.717) is 5.78 Å². The number of hydrogen-bond acceptors (Lipinski definition) is 1. The highest BCUT2D eigenvalue weighted by Crippen LogP contribution is 2.14. The summed E-state index contributed by atoms with van der Waals surface area (Å²) in [4.78, 5) is 12.1. The highest BCUT2D eigenvalue weighted by atomic mass is 16.1. The molecular weight excluding hydrogens is 472 g/mol. The fraction of sp³-hybridized carbons (Fsp3) is 0.763. The monoisotopic (exact) mass is 541 g/mol. The molecule has 0 aliphatic rings. The van der Waals surface area contributed by atoms with E-state index in [9.17, 15) is 4.79 Å². The van der Waals surface area contributed by atoms with Crippen LogP contribution in [-0.4, -0.2) is 5.78 Å². The van der Waals surface area contributed by atoms with E-state index in [0.717, 1.165) is 57.8 Å². The third kappa shape index (κ3) is 34.6. The Kier molecular flexibility index (Phi) is 33.4. The molecule has 0 heterocycles. The SMILES string of the molecule is CCCCCC=CCC=CCC=CCC=CCCCCC(=O)CCCCCCCCCCCCCCCCC. The van der Waals surface area contributed by atoms with Gasteiger partial charge in [-0.15, -0.1) is 0 Å². The minimum Gasteiger partial charge on any atom is -0.300 e. The number of carbonyl (C=O) groups is 1. The number of Topliss-reactive ketones (excluding diaryl/α,β-unsaturated/α-hetero) is 1. The Morgan fingerprint density at radius 2 is 0.641 bits per heavy atom. The molecule has 0 saturated carbocycles. The van der Waals surface area contributed by atoms with Crippen molar-refractivity contribution in [2.45, 2.75) is 187 Å². The molecule has 0 rings (SSSR count). The van der Waals surface area contributed by atoms with Gasteiger partial charge in [-0.1, -0.05) is 165 Å². The van der Waals surface area contributed by atoms with Crippen LogP contribution in [0.25, 0.3) is 0 Å². The summed E-state index contributed by atoms with van der Waals surface area (Å²) < 4.78 is 0. The molecule has 0 amide bonds. The molecule has 0 aromatic heterocycles. The van der Waals surface area contributed by atoms with Gasteiger partial charge in [-0.3, -0.25) is 4.79 Å². The Hall–Kier alpha value is -1.37. The predicted octanol–water partition coefficient (Wildman–Crippen LogP) is 13.4. The van der Waals surface area contributed by atoms with Gasteiger partial charge in [-0.05, 0) is 57.8 Å². The lowest BCUT2D eigenvalue weighted by molar-refractivity contribution is -0.119. The van der Waals surface area contributed by atoms with Crippen LogP contribution in [-0.2, 0) is 4.79 Å². The van der Waals surface area contributed by atoms with Gasteiger partial charge in [-0.2, -0.15) is 0 Å². The standard InChI is InChI=1S/C38H68O/c1-3-5-7-9-11-13-15-17-19-20-21-23-25-27-29-31-33-35-37-38(39)36-34-32-30-28-26-24-22-18-16-14-12-10-8-6-4-2/h11,13,17,19,21,23,27,29H,3-10,12,14-16,18,20,22,24-26,28,30-37H2,1-2H3. The molecule has 1 heteroatoms. The van der Waals surface area contributed by atoms with Gasteiger partial charge in [0.05, 0.1) is 0 Å². The van der Waals surface area contributed by atoms with Crippen molar-refractivity contribution in [1.29, 1.82) is 0 Å². The summed E-state index contributed by atoms with van der Waals surface area (Å²) in [5.41, 5.74) is 0. The Bertz CT molecular complexity index is 594. The zero-order chi connectivity index (χ0) is 28.3. The highest BCUT2D eigenvalue weighted by molar-refractivity contribution is 5.78. The molecule has 0 unspecified atom stereocenters. The van der Waals surface area contributed by atoms with E-state index in [-0.39, 0.29) is 0 Å². The third-order valence-corrected chi connectivity index (χ3v) is 7.59. The molecule has 0 aliphatic heterocycles. The van der Waals surface area contributed by atoms with E-state index in [2.05, 4.69) is 62.5 Å². The maximum absolute atomic E-state index is 12.1. The second-order valence-electron chi connectivity index (χ2n) is 11.6. The van der Waals surface area contributed by atoms with Crippen LogP contribution in [0, 0.1) is 0 Å². The topological polar surface area (TPSA) is 17.1 Å². The number of hydrogen-bond donors (Lipinski definition) is 0. The van der Waals surface area contributed by atoms with E-state index in [1.54, 1.807) is 0 Å². The van der Waals surface area contributed by atoms with Crippen molar-refractivity contribution in [1.82, 2.24) is 0 Å². The van der Waals surface area contributed by atoms with Crippen LogP contribution >= 0.6 is 0 Å². The van der Waals surface area contributed by atoms with Crippen LogP contribution in [0.5, 0.6) is 0 Å². The first-order valence-electron chi connectivity index (χ1n) is 17.4. The molecule has 0 fully saturated rings. The second kappa shape index (κ2) is 34.7.